The Labute approximate surface area is 103 Å². The van der Waals surface area contributed by atoms with Gasteiger partial charge in [-0.1, -0.05) is 0 Å². The predicted octanol–water partition coefficient (Wildman–Crippen LogP) is 2.15. The summed E-state index contributed by atoms with van der Waals surface area (Å²) in [6.45, 7) is 0.564. The van der Waals surface area contributed by atoms with Crippen LogP contribution in [0.2, 0.25) is 0 Å². The number of carbonyl (C=O) groups is 1. The molecule has 1 amide bonds. The van der Waals surface area contributed by atoms with Crippen LogP contribution in [-0.4, -0.2) is 18.8 Å². The standard InChI is InChI=1S/C12H13F2NO3/c13-8-4-5-10(14)9(7-8)12(16)15-18-11-3-1-2-6-17-11/h4-5,7,11H,1-3,6H2,(H,15,16)/t11-/m0/s1. The lowest BCUT2D eigenvalue weighted by atomic mass is 10.2. The van der Waals surface area contributed by atoms with Gasteiger partial charge in [0.2, 0.25) is 0 Å². The molecule has 1 N–H and O–H groups in total. The van der Waals surface area contributed by atoms with Crippen LogP contribution < -0.4 is 5.48 Å². The van der Waals surface area contributed by atoms with Gasteiger partial charge in [0.1, 0.15) is 11.6 Å². The quantitative estimate of drug-likeness (QED) is 0.844. The molecule has 18 heavy (non-hydrogen) atoms. The molecule has 1 aromatic carbocycles. The van der Waals surface area contributed by atoms with Gasteiger partial charge in [-0.15, -0.1) is 0 Å². The summed E-state index contributed by atoms with van der Waals surface area (Å²) in [4.78, 5) is 16.5. The lowest BCUT2D eigenvalue weighted by Crippen LogP contribution is -2.33. The van der Waals surface area contributed by atoms with Crippen LogP contribution in [0.1, 0.15) is 29.6 Å². The smallest absolute Gasteiger partial charge is 0.278 e. The summed E-state index contributed by atoms with van der Waals surface area (Å²) in [5.41, 5.74) is 1.67. The molecule has 1 aromatic rings. The van der Waals surface area contributed by atoms with Crippen molar-refractivity contribution in [1.82, 2.24) is 5.48 Å². The minimum atomic E-state index is -0.832. The van der Waals surface area contributed by atoms with E-state index in [9.17, 15) is 13.6 Å². The fraction of sp³-hybridized carbons (Fsp3) is 0.417. The lowest BCUT2D eigenvalue weighted by molar-refractivity contribution is -0.186. The van der Waals surface area contributed by atoms with Crippen molar-refractivity contribution < 1.29 is 23.1 Å². The van der Waals surface area contributed by atoms with Crippen molar-refractivity contribution in [3.63, 3.8) is 0 Å². The molecular formula is C12H13F2NO3. The first-order valence-electron chi connectivity index (χ1n) is 5.69. The molecule has 1 aliphatic heterocycles. The van der Waals surface area contributed by atoms with E-state index in [0.717, 1.165) is 31.0 Å². The van der Waals surface area contributed by atoms with Crippen LogP contribution in [0.4, 0.5) is 8.78 Å². The van der Waals surface area contributed by atoms with Gasteiger partial charge in [-0.2, -0.15) is 0 Å². The summed E-state index contributed by atoms with van der Waals surface area (Å²) in [6, 6.07) is 2.65. The second-order valence-corrected chi connectivity index (χ2v) is 3.97. The largest absolute Gasteiger partial charge is 0.350 e. The molecule has 0 spiro atoms. The van der Waals surface area contributed by atoms with Crippen LogP contribution in [0.3, 0.4) is 0 Å². The van der Waals surface area contributed by atoms with Gasteiger partial charge in [0.15, 0.2) is 6.29 Å². The Morgan fingerprint density at radius 2 is 2.22 bits per heavy atom. The minimum Gasteiger partial charge on any atom is -0.350 e. The zero-order chi connectivity index (χ0) is 13.0. The molecule has 0 unspecified atom stereocenters. The first-order valence-corrected chi connectivity index (χ1v) is 5.69. The molecule has 0 bridgehead atoms. The van der Waals surface area contributed by atoms with Gasteiger partial charge in [0.05, 0.1) is 5.56 Å². The number of carbonyl (C=O) groups excluding carboxylic acids is 1. The summed E-state index contributed by atoms with van der Waals surface area (Å²) >= 11 is 0. The number of rotatable bonds is 3. The molecule has 1 aliphatic rings. The summed E-state index contributed by atoms with van der Waals surface area (Å²) in [6.07, 6.45) is 2.02. The van der Waals surface area contributed by atoms with E-state index >= 15 is 0 Å². The molecule has 1 saturated heterocycles. The number of hydrogen-bond acceptors (Lipinski definition) is 3. The highest BCUT2D eigenvalue weighted by molar-refractivity contribution is 5.93. The van der Waals surface area contributed by atoms with E-state index in [1.54, 1.807) is 0 Å². The fourth-order valence-corrected chi connectivity index (χ4v) is 1.65. The van der Waals surface area contributed by atoms with E-state index in [1.165, 1.54) is 0 Å². The third kappa shape index (κ3) is 3.24. The molecule has 0 radical (unpaired) electrons. The normalized spacial score (nSPS) is 19.6. The molecule has 0 aliphatic carbocycles. The average molecular weight is 257 g/mol. The van der Waals surface area contributed by atoms with Crippen LogP contribution in [0.25, 0.3) is 0 Å². The van der Waals surface area contributed by atoms with Crippen LogP contribution in [-0.2, 0) is 9.57 Å². The number of amides is 1. The van der Waals surface area contributed by atoms with E-state index in [4.69, 9.17) is 9.57 Å². The molecule has 0 aromatic heterocycles. The lowest BCUT2D eigenvalue weighted by Gasteiger charge is -2.22. The minimum absolute atomic E-state index is 0.397. The predicted molar refractivity (Wildman–Crippen MR) is 58.5 cm³/mol. The number of nitrogens with one attached hydrogen (secondary N) is 1. The molecule has 4 nitrogen and oxygen atoms in total. The average Bonchev–Trinajstić information content (AvgIpc) is 2.40. The first kappa shape index (κ1) is 12.9. The molecule has 98 valence electrons. The van der Waals surface area contributed by atoms with Gasteiger partial charge in [-0.25, -0.2) is 19.1 Å². The summed E-state index contributed by atoms with van der Waals surface area (Å²) < 4.78 is 31.4. The Balaban J connectivity index is 1.92. The zero-order valence-electron chi connectivity index (χ0n) is 9.62. The van der Waals surface area contributed by atoms with Gasteiger partial charge in [0, 0.05) is 13.0 Å². The van der Waals surface area contributed by atoms with Crippen molar-refractivity contribution in [2.24, 2.45) is 0 Å². The van der Waals surface area contributed by atoms with E-state index < -0.39 is 29.4 Å². The second-order valence-electron chi connectivity index (χ2n) is 3.97. The molecular weight excluding hydrogens is 244 g/mol. The highest BCUT2D eigenvalue weighted by atomic mass is 19.1. The SMILES string of the molecule is O=C(NO[C@H]1CCCCO1)c1cc(F)ccc1F. The van der Waals surface area contributed by atoms with Crippen molar-refractivity contribution in [2.45, 2.75) is 25.6 Å². The Morgan fingerprint density at radius 1 is 1.39 bits per heavy atom. The van der Waals surface area contributed by atoms with E-state index in [-0.39, 0.29) is 0 Å². The molecule has 0 saturated carbocycles. The van der Waals surface area contributed by atoms with Gasteiger partial charge < -0.3 is 4.74 Å². The van der Waals surface area contributed by atoms with Crippen molar-refractivity contribution in [3.8, 4) is 0 Å². The van der Waals surface area contributed by atoms with Crippen LogP contribution in [0, 0.1) is 11.6 Å². The van der Waals surface area contributed by atoms with E-state index in [2.05, 4.69) is 5.48 Å². The number of ether oxygens (including phenoxy) is 1. The van der Waals surface area contributed by atoms with Crippen molar-refractivity contribution in [2.75, 3.05) is 6.61 Å². The van der Waals surface area contributed by atoms with E-state index in [0.29, 0.717) is 13.0 Å². The maximum Gasteiger partial charge on any atom is 0.278 e. The third-order valence-corrected chi connectivity index (χ3v) is 2.59. The summed E-state index contributed by atoms with van der Waals surface area (Å²) in [5, 5.41) is 0. The molecule has 6 heteroatoms. The topological polar surface area (TPSA) is 47.6 Å². The Hall–Kier alpha value is -1.53. The monoisotopic (exact) mass is 257 g/mol. The summed E-state index contributed by atoms with van der Waals surface area (Å²) in [7, 11) is 0. The van der Waals surface area contributed by atoms with Gasteiger partial charge in [0.25, 0.3) is 5.91 Å². The highest BCUT2D eigenvalue weighted by Crippen LogP contribution is 2.13. The van der Waals surface area contributed by atoms with Crippen LogP contribution >= 0.6 is 0 Å². The maximum atomic E-state index is 13.3. The van der Waals surface area contributed by atoms with E-state index in [1.807, 2.05) is 0 Å². The third-order valence-electron chi connectivity index (χ3n) is 2.59. The van der Waals surface area contributed by atoms with Crippen LogP contribution in [0.15, 0.2) is 18.2 Å². The fourth-order valence-electron chi connectivity index (χ4n) is 1.65. The van der Waals surface area contributed by atoms with Gasteiger partial charge >= 0.3 is 0 Å². The first-order chi connectivity index (χ1) is 8.66. The Morgan fingerprint density at radius 3 is 2.94 bits per heavy atom. The second kappa shape index (κ2) is 5.88. The molecule has 2 rings (SSSR count). The zero-order valence-corrected chi connectivity index (χ0v) is 9.62. The molecule has 1 atom stereocenters. The number of hydroxylamine groups is 1. The highest BCUT2D eigenvalue weighted by Gasteiger charge is 2.18. The van der Waals surface area contributed by atoms with Crippen molar-refractivity contribution in [3.05, 3.63) is 35.4 Å². The number of hydrogen-bond donors (Lipinski definition) is 1. The number of halogens is 2. The Kier molecular flexibility index (Phi) is 4.22. The Bertz CT molecular complexity index is 433. The van der Waals surface area contributed by atoms with Crippen LogP contribution in [0.5, 0.6) is 0 Å². The van der Waals surface area contributed by atoms with Gasteiger partial charge in [-0.05, 0) is 31.0 Å². The van der Waals surface area contributed by atoms with Crippen molar-refractivity contribution >= 4 is 5.91 Å². The molecule has 1 fully saturated rings. The maximum absolute atomic E-state index is 13.3. The summed E-state index contributed by atoms with van der Waals surface area (Å²) in [5.74, 6) is -2.32. The molecule has 1 heterocycles. The van der Waals surface area contributed by atoms with Gasteiger partial charge in [-0.3, -0.25) is 4.79 Å². The number of benzene rings is 1. The van der Waals surface area contributed by atoms with Crippen molar-refractivity contribution in [1.29, 1.82) is 0 Å².